The van der Waals surface area contributed by atoms with Gasteiger partial charge in [0, 0.05) is 6.04 Å². The number of fused-ring (bicyclic) bond motifs is 1. The molecule has 3 heteroatoms. The normalized spacial score (nSPS) is 29.6. The second kappa shape index (κ2) is 7.43. The minimum atomic E-state index is -0.326. The van der Waals surface area contributed by atoms with Crippen LogP contribution in [0.3, 0.4) is 0 Å². The second-order valence-corrected chi connectivity index (χ2v) is 6.87. The zero-order valence-corrected chi connectivity index (χ0v) is 13.3. The van der Waals surface area contributed by atoms with E-state index in [0.717, 1.165) is 31.3 Å². The first-order chi connectivity index (χ1) is 9.68. The van der Waals surface area contributed by atoms with Gasteiger partial charge >= 0.3 is 0 Å². The van der Waals surface area contributed by atoms with Gasteiger partial charge in [-0.3, -0.25) is 5.32 Å². The molecule has 2 rings (SSSR count). The Kier molecular flexibility index (Phi) is 5.86. The molecule has 0 aromatic heterocycles. The number of likely N-dealkylation sites (tertiary alicyclic amines) is 1. The molecular formula is C17H31N3. The Morgan fingerprint density at radius 3 is 2.80 bits per heavy atom. The monoisotopic (exact) mass is 277 g/mol. The van der Waals surface area contributed by atoms with Crippen LogP contribution in [0.25, 0.3) is 0 Å². The molecule has 2 fully saturated rings. The molecule has 0 bridgehead atoms. The molecule has 1 N–H and O–H groups in total. The van der Waals surface area contributed by atoms with E-state index in [0.29, 0.717) is 0 Å². The predicted molar refractivity (Wildman–Crippen MR) is 83.5 cm³/mol. The summed E-state index contributed by atoms with van der Waals surface area (Å²) in [4.78, 5) is 2.74. The van der Waals surface area contributed by atoms with Gasteiger partial charge in [0.25, 0.3) is 0 Å². The molecule has 1 saturated heterocycles. The third kappa shape index (κ3) is 3.96. The zero-order chi connectivity index (χ0) is 14.4. The van der Waals surface area contributed by atoms with E-state index in [1.165, 1.54) is 51.6 Å². The van der Waals surface area contributed by atoms with Crippen LogP contribution in [0.1, 0.15) is 65.2 Å². The fourth-order valence-electron chi connectivity index (χ4n) is 4.15. The molecule has 0 aromatic carbocycles. The molecular weight excluding hydrogens is 246 g/mol. The summed E-state index contributed by atoms with van der Waals surface area (Å²) in [5, 5.41) is 12.6. The Balaban J connectivity index is 1.67. The third-order valence-electron chi connectivity index (χ3n) is 5.31. The quantitative estimate of drug-likeness (QED) is 0.726. The summed E-state index contributed by atoms with van der Waals surface area (Å²) in [6, 6.07) is 3.32. The molecule has 1 heterocycles. The van der Waals surface area contributed by atoms with Crippen LogP contribution in [0.4, 0.5) is 0 Å². The van der Waals surface area contributed by atoms with Gasteiger partial charge < -0.3 is 4.90 Å². The highest BCUT2D eigenvalue weighted by atomic mass is 15.2. The van der Waals surface area contributed by atoms with Crippen LogP contribution in [0, 0.1) is 17.2 Å². The first kappa shape index (κ1) is 15.8. The van der Waals surface area contributed by atoms with Crippen molar-refractivity contribution in [2.45, 2.75) is 76.8 Å². The maximum absolute atomic E-state index is 9.26. The van der Waals surface area contributed by atoms with Crippen LogP contribution in [-0.4, -0.2) is 36.1 Å². The van der Waals surface area contributed by atoms with Gasteiger partial charge in [0.2, 0.25) is 0 Å². The molecule has 0 spiro atoms. The lowest BCUT2D eigenvalue weighted by Gasteiger charge is -2.32. The first-order valence-corrected chi connectivity index (χ1v) is 8.59. The Bertz CT molecular complexity index is 336. The second-order valence-electron chi connectivity index (χ2n) is 6.87. The summed E-state index contributed by atoms with van der Waals surface area (Å²) >= 11 is 0. The first-order valence-electron chi connectivity index (χ1n) is 8.59. The maximum atomic E-state index is 9.26. The van der Waals surface area contributed by atoms with Gasteiger partial charge in [-0.15, -0.1) is 0 Å². The van der Waals surface area contributed by atoms with Gasteiger partial charge in [-0.25, -0.2) is 0 Å². The topological polar surface area (TPSA) is 39.1 Å². The largest absolute Gasteiger partial charge is 0.300 e. The fraction of sp³-hybridized carbons (Fsp3) is 0.941. The summed E-state index contributed by atoms with van der Waals surface area (Å²) in [5.74, 6) is 0.995. The summed E-state index contributed by atoms with van der Waals surface area (Å²) in [5.41, 5.74) is -0.326. The standard InChI is InChI=1S/C17H31N3/c1-3-19-17(2,14-18)11-6-7-12-20-13-10-15-8-4-5-9-16(15)20/h15-16,19H,3-13H2,1-2H3. The van der Waals surface area contributed by atoms with Crippen LogP contribution in [0.15, 0.2) is 0 Å². The molecule has 3 nitrogen and oxygen atoms in total. The summed E-state index contributed by atoms with van der Waals surface area (Å²) in [6.07, 6.45) is 10.6. The van der Waals surface area contributed by atoms with Crippen molar-refractivity contribution in [2.24, 2.45) is 5.92 Å². The van der Waals surface area contributed by atoms with Crippen molar-refractivity contribution in [2.75, 3.05) is 19.6 Å². The average molecular weight is 277 g/mol. The van der Waals surface area contributed by atoms with Crippen molar-refractivity contribution in [3.63, 3.8) is 0 Å². The van der Waals surface area contributed by atoms with Crippen molar-refractivity contribution in [3.8, 4) is 6.07 Å². The van der Waals surface area contributed by atoms with Crippen molar-refractivity contribution in [1.29, 1.82) is 5.26 Å². The highest BCUT2D eigenvalue weighted by Gasteiger charge is 2.35. The van der Waals surface area contributed by atoms with Crippen LogP contribution in [-0.2, 0) is 0 Å². The van der Waals surface area contributed by atoms with Crippen LogP contribution in [0.2, 0.25) is 0 Å². The van der Waals surface area contributed by atoms with Crippen molar-refractivity contribution in [1.82, 2.24) is 10.2 Å². The number of nitriles is 1. The van der Waals surface area contributed by atoms with Gasteiger partial charge in [-0.1, -0.05) is 19.8 Å². The Hall–Kier alpha value is -0.590. The Labute approximate surface area is 124 Å². The molecule has 0 amide bonds. The summed E-state index contributed by atoms with van der Waals surface area (Å²) in [7, 11) is 0. The van der Waals surface area contributed by atoms with Gasteiger partial charge in [0.15, 0.2) is 0 Å². The molecule has 2 aliphatic rings. The number of rotatable bonds is 7. The Morgan fingerprint density at radius 2 is 2.05 bits per heavy atom. The Morgan fingerprint density at radius 1 is 1.25 bits per heavy atom. The van der Waals surface area contributed by atoms with Crippen molar-refractivity contribution >= 4 is 0 Å². The van der Waals surface area contributed by atoms with Crippen LogP contribution < -0.4 is 5.32 Å². The number of unbranched alkanes of at least 4 members (excludes halogenated alkanes) is 1. The van der Waals surface area contributed by atoms with E-state index in [1.807, 2.05) is 6.92 Å². The summed E-state index contributed by atoms with van der Waals surface area (Å²) < 4.78 is 0. The van der Waals surface area contributed by atoms with Gasteiger partial charge in [-0.05, 0) is 71.0 Å². The van der Waals surface area contributed by atoms with E-state index >= 15 is 0 Å². The van der Waals surface area contributed by atoms with E-state index in [-0.39, 0.29) is 5.54 Å². The minimum Gasteiger partial charge on any atom is -0.300 e. The summed E-state index contributed by atoms with van der Waals surface area (Å²) in [6.45, 7) is 7.54. The van der Waals surface area contributed by atoms with Gasteiger partial charge in [0.05, 0.1) is 6.07 Å². The molecule has 3 atom stereocenters. The SMILES string of the molecule is CCNC(C)(C#N)CCCCN1CCC2CCCCC21. The molecule has 1 saturated carbocycles. The minimum absolute atomic E-state index is 0.326. The molecule has 0 aromatic rings. The van der Waals surface area contributed by atoms with E-state index in [2.05, 4.69) is 23.2 Å². The lowest BCUT2D eigenvalue weighted by atomic mass is 9.85. The lowest BCUT2D eigenvalue weighted by Crippen LogP contribution is -2.41. The maximum Gasteiger partial charge on any atom is 0.103 e. The molecule has 0 radical (unpaired) electrons. The molecule has 1 aliphatic heterocycles. The highest BCUT2D eigenvalue weighted by Crippen LogP contribution is 2.36. The van der Waals surface area contributed by atoms with E-state index in [1.54, 1.807) is 0 Å². The van der Waals surface area contributed by atoms with E-state index in [9.17, 15) is 5.26 Å². The van der Waals surface area contributed by atoms with Crippen molar-refractivity contribution < 1.29 is 0 Å². The molecule has 1 aliphatic carbocycles. The molecule has 3 unspecified atom stereocenters. The highest BCUT2D eigenvalue weighted by molar-refractivity contribution is 5.03. The third-order valence-corrected chi connectivity index (χ3v) is 5.31. The number of nitrogens with zero attached hydrogens (tertiary/aromatic N) is 2. The van der Waals surface area contributed by atoms with E-state index < -0.39 is 0 Å². The zero-order valence-electron chi connectivity index (χ0n) is 13.3. The number of hydrogen-bond acceptors (Lipinski definition) is 3. The average Bonchev–Trinajstić information content (AvgIpc) is 2.87. The van der Waals surface area contributed by atoms with Crippen molar-refractivity contribution in [3.05, 3.63) is 0 Å². The van der Waals surface area contributed by atoms with Crippen LogP contribution in [0.5, 0.6) is 0 Å². The fourth-order valence-corrected chi connectivity index (χ4v) is 4.15. The smallest absolute Gasteiger partial charge is 0.103 e. The van der Waals surface area contributed by atoms with Crippen LogP contribution >= 0.6 is 0 Å². The lowest BCUT2D eigenvalue weighted by molar-refractivity contribution is 0.178. The molecule has 114 valence electrons. The molecule has 20 heavy (non-hydrogen) atoms. The number of hydrogen-bond donors (Lipinski definition) is 1. The van der Waals surface area contributed by atoms with Gasteiger partial charge in [0.1, 0.15) is 5.54 Å². The predicted octanol–water partition coefficient (Wildman–Crippen LogP) is 3.31. The van der Waals surface area contributed by atoms with Gasteiger partial charge in [-0.2, -0.15) is 5.26 Å². The van der Waals surface area contributed by atoms with E-state index in [4.69, 9.17) is 0 Å². The number of nitrogens with one attached hydrogen (secondary N) is 1.